The summed E-state index contributed by atoms with van der Waals surface area (Å²) in [6.45, 7) is 6.30. The van der Waals surface area contributed by atoms with Gasteiger partial charge in [-0.25, -0.2) is 18.4 Å². The number of thioether (sulfide) groups is 1. The second-order valence-corrected chi connectivity index (χ2v) is 12.2. The minimum Gasteiger partial charge on any atom is -0.357 e. The normalized spacial score (nSPS) is 13.8. The number of hydrogen-bond donors (Lipinski definition) is 3. The van der Waals surface area contributed by atoms with Gasteiger partial charge in [0, 0.05) is 18.3 Å². The van der Waals surface area contributed by atoms with E-state index in [0.29, 0.717) is 33.4 Å². The molecule has 0 bridgehead atoms. The molecular weight excluding hydrogens is 506 g/mol. The van der Waals surface area contributed by atoms with Crippen LogP contribution in [0.5, 0.6) is 0 Å². The molecule has 0 radical (unpaired) electrons. The lowest BCUT2D eigenvalue weighted by molar-refractivity contribution is 0.607. The second-order valence-electron chi connectivity index (χ2n) is 8.44. The highest BCUT2D eigenvalue weighted by molar-refractivity contribution is 8.00. The maximum absolute atomic E-state index is 11.7. The smallest absolute Gasteiger partial charge is 0.229 e. The molecule has 1 aromatic carbocycles. The first-order valence-corrected chi connectivity index (χ1v) is 14.4. The molecule has 0 atom stereocenters. The zero-order valence-electron chi connectivity index (χ0n) is 19.7. The first-order chi connectivity index (χ1) is 16.7. The van der Waals surface area contributed by atoms with Gasteiger partial charge >= 0.3 is 0 Å². The number of pyridine rings is 1. The molecule has 3 heterocycles. The molecule has 4 rings (SSSR count). The third-order valence-electron chi connectivity index (χ3n) is 5.09. The molecule has 35 heavy (non-hydrogen) atoms. The maximum atomic E-state index is 11.7. The summed E-state index contributed by atoms with van der Waals surface area (Å²) in [7, 11) is -3.46. The first-order valence-electron chi connectivity index (χ1n) is 11.2. The summed E-state index contributed by atoms with van der Waals surface area (Å²) in [5.41, 5.74) is 1.70. The standard InChI is InChI=1S/C23H28ClN7O2S2/c1-15(2)34-22-19(10-11-20(28-22)31-12-6-7-13-31)27-23-25-14-16(24)21(29-23)26-17-8-4-5-9-18(17)30-35(3,32)33/h4-5,8-11,14-15,30H,6-7,12-13H2,1-3H3,(H2,25,26,27,29). The van der Waals surface area contributed by atoms with Crippen LogP contribution >= 0.6 is 23.4 Å². The molecule has 1 aliphatic heterocycles. The van der Waals surface area contributed by atoms with E-state index >= 15 is 0 Å². The van der Waals surface area contributed by atoms with E-state index in [1.54, 1.807) is 36.0 Å². The van der Waals surface area contributed by atoms with Crippen LogP contribution in [0.1, 0.15) is 26.7 Å². The van der Waals surface area contributed by atoms with Crippen LogP contribution in [0.2, 0.25) is 5.02 Å². The molecule has 0 saturated carbocycles. The highest BCUT2D eigenvalue weighted by atomic mass is 35.5. The number of rotatable bonds is 9. The summed E-state index contributed by atoms with van der Waals surface area (Å²) >= 11 is 8.02. The Kier molecular flexibility index (Phi) is 7.88. The van der Waals surface area contributed by atoms with Gasteiger partial charge in [-0.05, 0) is 37.1 Å². The van der Waals surface area contributed by atoms with Crippen LogP contribution in [0.3, 0.4) is 0 Å². The van der Waals surface area contributed by atoms with E-state index in [-0.39, 0.29) is 0 Å². The van der Waals surface area contributed by atoms with Crippen molar-refractivity contribution < 1.29 is 8.42 Å². The van der Waals surface area contributed by atoms with Crippen LogP contribution < -0.4 is 20.3 Å². The van der Waals surface area contributed by atoms with Gasteiger partial charge in [0.15, 0.2) is 5.82 Å². The van der Waals surface area contributed by atoms with E-state index in [9.17, 15) is 8.42 Å². The van der Waals surface area contributed by atoms with E-state index in [4.69, 9.17) is 16.6 Å². The van der Waals surface area contributed by atoms with Crippen LogP contribution in [0.15, 0.2) is 47.6 Å². The molecule has 3 N–H and O–H groups in total. The van der Waals surface area contributed by atoms with Crippen LogP contribution in [-0.4, -0.2) is 48.0 Å². The molecule has 0 unspecified atom stereocenters. The highest BCUT2D eigenvalue weighted by Crippen LogP contribution is 2.34. The summed E-state index contributed by atoms with van der Waals surface area (Å²) in [5.74, 6) is 1.66. The van der Waals surface area contributed by atoms with Gasteiger partial charge in [-0.1, -0.05) is 37.6 Å². The van der Waals surface area contributed by atoms with Gasteiger partial charge in [0.25, 0.3) is 0 Å². The molecule has 9 nitrogen and oxygen atoms in total. The highest BCUT2D eigenvalue weighted by Gasteiger charge is 2.18. The van der Waals surface area contributed by atoms with Crippen molar-refractivity contribution >= 4 is 68.0 Å². The molecular formula is C23H28ClN7O2S2. The third kappa shape index (κ3) is 6.89. The fraction of sp³-hybridized carbons (Fsp3) is 0.348. The Morgan fingerprint density at radius 1 is 1.00 bits per heavy atom. The third-order valence-corrected chi connectivity index (χ3v) is 6.96. The Hall–Kier alpha value is -2.76. The number of hydrogen-bond acceptors (Lipinski definition) is 9. The van der Waals surface area contributed by atoms with Gasteiger partial charge in [-0.15, -0.1) is 11.8 Å². The lowest BCUT2D eigenvalue weighted by atomic mass is 10.2. The van der Waals surface area contributed by atoms with Crippen LogP contribution in [0.4, 0.5) is 34.6 Å². The minimum absolute atomic E-state index is 0.295. The molecule has 3 aromatic rings. The summed E-state index contributed by atoms with van der Waals surface area (Å²) in [4.78, 5) is 16.1. The molecule has 0 spiro atoms. The predicted octanol–water partition coefficient (Wildman–Crippen LogP) is 5.48. The van der Waals surface area contributed by atoms with Crippen LogP contribution in [0, 0.1) is 0 Å². The summed E-state index contributed by atoms with van der Waals surface area (Å²) in [5, 5.41) is 7.89. The molecule has 1 fully saturated rings. The largest absolute Gasteiger partial charge is 0.357 e. The SMILES string of the molecule is CC(C)Sc1nc(N2CCCC2)ccc1Nc1ncc(Cl)c(Nc2ccccc2NS(C)(=O)=O)n1. The fourth-order valence-electron chi connectivity index (χ4n) is 3.61. The summed E-state index contributed by atoms with van der Waals surface area (Å²) < 4.78 is 26.0. The number of para-hydroxylation sites is 2. The van der Waals surface area contributed by atoms with Crippen molar-refractivity contribution in [3.8, 4) is 0 Å². The minimum atomic E-state index is -3.46. The number of sulfonamides is 1. The van der Waals surface area contributed by atoms with Crippen LogP contribution in [-0.2, 0) is 10.0 Å². The van der Waals surface area contributed by atoms with E-state index in [2.05, 4.69) is 44.1 Å². The molecule has 2 aromatic heterocycles. The van der Waals surface area contributed by atoms with E-state index in [1.165, 1.54) is 19.0 Å². The number of benzene rings is 1. The van der Waals surface area contributed by atoms with E-state index < -0.39 is 10.0 Å². The van der Waals surface area contributed by atoms with Crippen molar-refractivity contribution in [3.05, 3.63) is 47.6 Å². The average molecular weight is 534 g/mol. The van der Waals surface area contributed by atoms with Gasteiger partial charge in [0.05, 0.1) is 29.5 Å². The topological polar surface area (TPSA) is 112 Å². The number of halogens is 1. The van der Waals surface area contributed by atoms with Gasteiger partial charge in [0.2, 0.25) is 16.0 Å². The Morgan fingerprint density at radius 2 is 1.71 bits per heavy atom. The van der Waals surface area contributed by atoms with Crippen LogP contribution in [0.25, 0.3) is 0 Å². The maximum Gasteiger partial charge on any atom is 0.229 e. The predicted molar refractivity (Wildman–Crippen MR) is 145 cm³/mol. The van der Waals surface area contributed by atoms with E-state index in [0.717, 1.165) is 35.9 Å². The Labute approximate surface area is 215 Å². The molecule has 0 amide bonds. The molecule has 186 valence electrons. The number of aromatic nitrogens is 3. The average Bonchev–Trinajstić information content (AvgIpc) is 3.32. The molecule has 1 saturated heterocycles. The van der Waals surface area contributed by atoms with Gasteiger partial charge in [-0.2, -0.15) is 4.98 Å². The van der Waals surface area contributed by atoms with Crippen molar-refractivity contribution in [2.75, 3.05) is 39.6 Å². The van der Waals surface area contributed by atoms with Gasteiger partial charge < -0.3 is 15.5 Å². The Balaban J connectivity index is 1.60. The molecule has 12 heteroatoms. The van der Waals surface area contributed by atoms with Gasteiger partial charge in [-0.3, -0.25) is 4.72 Å². The Bertz CT molecular complexity index is 1300. The summed E-state index contributed by atoms with van der Waals surface area (Å²) in [6.07, 6.45) is 4.96. The van der Waals surface area contributed by atoms with Crippen molar-refractivity contribution in [1.82, 2.24) is 15.0 Å². The summed E-state index contributed by atoms with van der Waals surface area (Å²) in [6, 6.07) is 10.9. The second kappa shape index (κ2) is 10.9. The number of anilines is 6. The lowest BCUT2D eigenvalue weighted by Crippen LogP contribution is -2.19. The quantitative estimate of drug-likeness (QED) is 0.307. The molecule has 0 aliphatic carbocycles. The number of nitrogens with one attached hydrogen (secondary N) is 3. The lowest BCUT2D eigenvalue weighted by Gasteiger charge is -2.19. The zero-order chi connectivity index (χ0) is 25.0. The van der Waals surface area contributed by atoms with Crippen molar-refractivity contribution in [2.45, 2.75) is 37.0 Å². The van der Waals surface area contributed by atoms with Crippen molar-refractivity contribution in [2.24, 2.45) is 0 Å². The zero-order valence-corrected chi connectivity index (χ0v) is 22.1. The van der Waals surface area contributed by atoms with Gasteiger partial charge in [0.1, 0.15) is 15.9 Å². The van der Waals surface area contributed by atoms with E-state index in [1.807, 2.05) is 12.1 Å². The molecule has 1 aliphatic rings. The number of nitrogens with zero attached hydrogens (tertiary/aromatic N) is 4. The Morgan fingerprint density at radius 3 is 2.40 bits per heavy atom. The fourth-order valence-corrected chi connectivity index (χ4v) is 5.16. The van der Waals surface area contributed by atoms with Crippen molar-refractivity contribution in [3.63, 3.8) is 0 Å². The van der Waals surface area contributed by atoms with Crippen molar-refractivity contribution in [1.29, 1.82) is 0 Å². The first kappa shape index (κ1) is 25.3. The monoisotopic (exact) mass is 533 g/mol.